The first-order valence-electron chi connectivity index (χ1n) is 2.67. The van der Waals surface area contributed by atoms with Crippen LogP contribution in [0.1, 0.15) is 6.92 Å². The summed E-state index contributed by atoms with van der Waals surface area (Å²) in [7, 11) is 0.846. The molecule has 0 radical (unpaired) electrons. The van der Waals surface area contributed by atoms with Crippen LogP contribution in [-0.4, -0.2) is 24.8 Å². The van der Waals surface area contributed by atoms with Gasteiger partial charge in [-0.25, -0.2) is 4.79 Å². The number of carbonyl (C=O) groups is 1. The number of ether oxygens (including phenoxy) is 1. The Morgan fingerprint density at radius 3 is 1.91 bits per heavy atom. The van der Waals surface area contributed by atoms with Crippen LogP contribution in [0, 0.1) is 0 Å². The number of hydrogen-bond acceptors (Lipinski definition) is 3. The standard InChI is InChI=1S/C5H8F3NO2/c1-4(9,3(10)11-2)5(6,7)8/h9H2,1-2H3. The lowest BCUT2D eigenvalue weighted by Crippen LogP contribution is -2.57. The topological polar surface area (TPSA) is 52.3 Å². The van der Waals surface area contributed by atoms with Crippen molar-refractivity contribution in [1.29, 1.82) is 0 Å². The summed E-state index contributed by atoms with van der Waals surface area (Å²) >= 11 is 0. The molecular weight excluding hydrogens is 163 g/mol. The first-order chi connectivity index (χ1) is 4.73. The molecule has 0 bridgehead atoms. The van der Waals surface area contributed by atoms with E-state index in [9.17, 15) is 18.0 Å². The number of halogens is 3. The number of carbonyl (C=O) groups excluding carboxylic acids is 1. The van der Waals surface area contributed by atoms with Gasteiger partial charge in [0.15, 0.2) is 0 Å². The molecule has 0 spiro atoms. The molecule has 1 atom stereocenters. The van der Waals surface area contributed by atoms with Crippen molar-refractivity contribution in [3.63, 3.8) is 0 Å². The molecule has 66 valence electrons. The van der Waals surface area contributed by atoms with Gasteiger partial charge in [-0.1, -0.05) is 0 Å². The maximum atomic E-state index is 11.8. The Labute approximate surface area is 61.3 Å². The van der Waals surface area contributed by atoms with E-state index in [0.29, 0.717) is 6.92 Å². The van der Waals surface area contributed by atoms with Crippen LogP contribution in [0.5, 0.6) is 0 Å². The Balaban J connectivity index is 4.59. The molecule has 2 N–H and O–H groups in total. The van der Waals surface area contributed by atoms with Gasteiger partial charge in [-0.3, -0.25) is 0 Å². The molecule has 0 aromatic carbocycles. The summed E-state index contributed by atoms with van der Waals surface area (Å²) in [6, 6.07) is 0. The van der Waals surface area contributed by atoms with Crippen LogP contribution in [0.25, 0.3) is 0 Å². The number of hydrogen-bond donors (Lipinski definition) is 1. The lowest BCUT2D eigenvalue weighted by Gasteiger charge is -2.23. The molecule has 0 amide bonds. The van der Waals surface area contributed by atoms with Crippen molar-refractivity contribution in [3.05, 3.63) is 0 Å². The van der Waals surface area contributed by atoms with Gasteiger partial charge < -0.3 is 10.5 Å². The lowest BCUT2D eigenvalue weighted by atomic mass is 10.0. The number of alkyl halides is 3. The number of rotatable bonds is 1. The minimum atomic E-state index is -4.78. The summed E-state index contributed by atoms with van der Waals surface area (Å²) < 4.78 is 39.4. The Hall–Kier alpha value is -0.780. The molecule has 0 rings (SSSR count). The molecule has 11 heavy (non-hydrogen) atoms. The third-order valence-corrected chi connectivity index (χ3v) is 1.20. The zero-order valence-electron chi connectivity index (χ0n) is 6.03. The normalized spacial score (nSPS) is 17.3. The molecule has 1 unspecified atom stereocenters. The summed E-state index contributed by atoms with van der Waals surface area (Å²) in [6.45, 7) is 0.554. The monoisotopic (exact) mass is 171 g/mol. The van der Waals surface area contributed by atoms with Crippen LogP contribution in [0.3, 0.4) is 0 Å². The maximum absolute atomic E-state index is 11.8. The van der Waals surface area contributed by atoms with Crippen LogP contribution in [0.15, 0.2) is 0 Å². The predicted molar refractivity (Wildman–Crippen MR) is 30.7 cm³/mol. The molecule has 0 aliphatic carbocycles. The summed E-state index contributed by atoms with van der Waals surface area (Å²) in [4.78, 5) is 10.4. The summed E-state index contributed by atoms with van der Waals surface area (Å²) in [6.07, 6.45) is -4.78. The van der Waals surface area contributed by atoms with Crippen molar-refractivity contribution in [2.45, 2.75) is 18.6 Å². The third-order valence-electron chi connectivity index (χ3n) is 1.20. The second kappa shape index (κ2) is 2.69. The molecule has 0 saturated heterocycles. The Morgan fingerprint density at radius 2 is 1.82 bits per heavy atom. The quantitative estimate of drug-likeness (QED) is 0.582. The molecule has 0 saturated carbocycles. The number of methoxy groups -OCH3 is 1. The predicted octanol–water partition coefficient (Wildman–Crippen LogP) is 0.439. The second-order valence-electron chi connectivity index (χ2n) is 2.19. The highest BCUT2D eigenvalue weighted by molar-refractivity contribution is 5.80. The van der Waals surface area contributed by atoms with Gasteiger partial charge in [0.05, 0.1) is 7.11 Å². The van der Waals surface area contributed by atoms with Crippen LogP contribution in [0.2, 0.25) is 0 Å². The van der Waals surface area contributed by atoms with Crippen molar-refractivity contribution in [2.75, 3.05) is 7.11 Å². The zero-order chi connectivity index (χ0) is 9.28. The van der Waals surface area contributed by atoms with Gasteiger partial charge in [0, 0.05) is 0 Å². The molecule has 0 fully saturated rings. The van der Waals surface area contributed by atoms with E-state index in [1.54, 1.807) is 0 Å². The van der Waals surface area contributed by atoms with Crippen molar-refractivity contribution < 1.29 is 22.7 Å². The largest absolute Gasteiger partial charge is 0.467 e. The van der Waals surface area contributed by atoms with E-state index in [-0.39, 0.29) is 0 Å². The SMILES string of the molecule is COC(=O)C(C)(N)C(F)(F)F. The van der Waals surface area contributed by atoms with Crippen molar-refractivity contribution in [1.82, 2.24) is 0 Å². The average Bonchev–Trinajstić information content (AvgIpc) is 1.83. The van der Waals surface area contributed by atoms with Crippen LogP contribution < -0.4 is 5.73 Å². The lowest BCUT2D eigenvalue weighted by molar-refractivity contribution is -0.200. The number of nitrogens with two attached hydrogens (primary N) is 1. The maximum Gasteiger partial charge on any atom is 0.416 e. The van der Waals surface area contributed by atoms with E-state index in [2.05, 4.69) is 10.5 Å². The zero-order valence-corrected chi connectivity index (χ0v) is 6.03. The minimum Gasteiger partial charge on any atom is -0.467 e. The van der Waals surface area contributed by atoms with Gasteiger partial charge in [-0.2, -0.15) is 13.2 Å². The Morgan fingerprint density at radius 1 is 1.45 bits per heavy atom. The minimum absolute atomic E-state index is 0.554. The van der Waals surface area contributed by atoms with Crippen molar-refractivity contribution in [2.24, 2.45) is 5.73 Å². The summed E-state index contributed by atoms with van der Waals surface area (Å²) in [5.74, 6) is -1.50. The van der Waals surface area contributed by atoms with Gasteiger partial charge >= 0.3 is 12.1 Å². The third kappa shape index (κ3) is 1.83. The highest BCUT2D eigenvalue weighted by Crippen LogP contribution is 2.28. The fourth-order valence-corrected chi connectivity index (χ4v) is 0.328. The van der Waals surface area contributed by atoms with E-state index >= 15 is 0 Å². The molecule has 0 aliphatic rings. The molecular formula is C5H8F3NO2. The van der Waals surface area contributed by atoms with Gasteiger partial charge in [-0.05, 0) is 6.92 Å². The van der Waals surface area contributed by atoms with Crippen molar-refractivity contribution >= 4 is 5.97 Å². The molecule has 3 nitrogen and oxygen atoms in total. The van der Waals surface area contributed by atoms with Gasteiger partial charge in [0.1, 0.15) is 0 Å². The van der Waals surface area contributed by atoms with E-state index in [1.807, 2.05) is 0 Å². The van der Waals surface area contributed by atoms with E-state index in [1.165, 1.54) is 0 Å². The first kappa shape index (κ1) is 10.2. The molecule has 0 aromatic heterocycles. The fraction of sp³-hybridized carbons (Fsp3) is 0.800. The average molecular weight is 171 g/mol. The highest BCUT2D eigenvalue weighted by atomic mass is 19.4. The van der Waals surface area contributed by atoms with E-state index in [4.69, 9.17) is 0 Å². The molecule has 6 heteroatoms. The summed E-state index contributed by atoms with van der Waals surface area (Å²) in [5, 5.41) is 0. The molecule has 0 aliphatic heterocycles. The van der Waals surface area contributed by atoms with Gasteiger partial charge in [-0.15, -0.1) is 0 Å². The van der Waals surface area contributed by atoms with Crippen molar-refractivity contribution in [3.8, 4) is 0 Å². The molecule has 0 aromatic rings. The van der Waals surface area contributed by atoms with Crippen LogP contribution in [-0.2, 0) is 9.53 Å². The highest BCUT2D eigenvalue weighted by Gasteiger charge is 2.54. The fourth-order valence-electron chi connectivity index (χ4n) is 0.328. The van der Waals surface area contributed by atoms with Crippen LogP contribution in [0.4, 0.5) is 13.2 Å². The smallest absolute Gasteiger partial charge is 0.416 e. The van der Waals surface area contributed by atoms with Crippen LogP contribution >= 0.6 is 0 Å². The van der Waals surface area contributed by atoms with E-state index < -0.39 is 17.7 Å². The Bertz CT molecular complexity index is 164. The van der Waals surface area contributed by atoms with Gasteiger partial charge in [0.2, 0.25) is 5.54 Å². The Kier molecular flexibility index (Phi) is 2.50. The second-order valence-corrected chi connectivity index (χ2v) is 2.19. The van der Waals surface area contributed by atoms with Gasteiger partial charge in [0.25, 0.3) is 0 Å². The molecule has 0 heterocycles. The van der Waals surface area contributed by atoms with E-state index in [0.717, 1.165) is 7.11 Å². The number of esters is 1. The first-order valence-corrected chi connectivity index (χ1v) is 2.67. The summed E-state index contributed by atoms with van der Waals surface area (Å²) in [5.41, 5.74) is 1.73.